The summed E-state index contributed by atoms with van der Waals surface area (Å²) in [5, 5.41) is 8.92. The number of aliphatic hydroxyl groups is 1. The molecule has 0 aliphatic carbocycles. The van der Waals surface area contributed by atoms with Crippen LogP contribution >= 0.6 is 0 Å². The molecule has 1 atom stereocenters. The highest BCUT2D eigenvalue weighted by Gasteiger charge is 2.42. The predicted octanol–water partition coefficient (Wildman–Crippen LogP) is 0.409. The first kappa shape index (κ1) is 14.4. The van der Waals surface area contributed by atoms with E-state index >= 15 is 0 Å². The second kappa shape index (κ2) is 6.07. The third-order valence-corrected chi connectivity index (χ3v) is 4.65. The number of aliphatic hydroxyl groups excluding tert-OH is 1. The lowest BCUT2D eigenvalue weighted by Crippen LogP contribution is -2.44. The average Bonchev–Trinajstić information content (AvgIpc) is 2.91. The van der Waals surface area contributed by atoms with Crippen molar-refractivity contribution in [3.63, 3.8) is 0 Å². The van der Waals surface area contributed by atoms with Crippen LogP contribution in [0, 0.1) is 5.41 Å². The van der Waals surface area contributed by atoms with Crippen LogP contribution in [0.25, 0.3) is 0 Å². The van der Waals surface area contributed by atoms with Gasteiger partial charge in [-0.3, -0.25) is 14.8 Å². The molecule has 6 nitrogen and oxygen atoms in total. The van der Waals surface area contributed by atoms with E-state index in [1.165, 1.54) is 0 Å². The van der Waals surface area contributed by atoms with Gasteiger partial charge in [0, 0.05) is 38.1 Å². The summed E-state index contributed by atoms with van der Waals surface area (Å²) in [4.78, 5) is 21.6. The van der Waals surface area contributed by atoms with Gasteiger partial charge in [-0.25, -0.2) is 0 Å². The standard InChI is InChI=1S/C15H21N3O3/c19-10-14(20)18-5-1-15(2-6-18)8-13(21-11-15)7-12-9-16-3-4-17-12/h3-4,9,13,19H,1-2,5-8,10-11H2/t13-/m0/s1. The van der Waals surface area contributed by atoms with Crippen LogP contribution in [-0.4, -0.2) is 58.3 Å². The van der Waals surface area contributed by atoms with E-state index in [0.29, 0.717) is 0 Å². The van der Waals surface area contributed by atoms with E-state index in [1.807, 2.05) is 0 Å². The van der Waals surface area contributed by atoms with Gasteiger partial charge in [-0.1, -0.05) is 0 Å². The summed E-state index contributed by atoms with van der Waals surface area (Å²) >= 11 is 0. The molecule has 2 saturated heterocycles. The predicted molar refractivity (Wildman–Crippen MR) is 75.4 cm³/mol. The number of piperidine rings is 1. The first-order valence-electron chi connectivity index (χ1n) is 7.46. The third kappa shape index (κ3) is 3.22. The van der Waals surface area contributed by atoms with Crippen molar-refractivity contribution in [3.8, 4) is 0 Å². The Balaban J connectivity index is 1.54. The van der Waals surface area contributed by atoms with Crippen molar-refractivity contribution < 1.29 is 14.6 Å². The van der Waals surface area contributed by atoms with Gasteiger partial charge in [-0.05, 0) is 24.7 Å². The van der Waals surface area contributed by atoms with Crippen LogP contribution in [0.1, 0.15) is 25.0 Å². The Labute approximate surface area is 124 Å². The number of hydrogen-bond donors (Lipinski definition) is 1. The Hall–Kier alpha value is -1.53. The van der Waals surface area contributed by atoms with Gasteiger partial charge in [-0.15, -0.1) is 0 Å². The molecular formula is C15H21N3O3. The van der Waals surface area contributed by atoms with E-state index in [1.54, 1.807) is 23.5 Å². The zero-order chi connectivity index (χ0) is 14.7. The number of rotatable bonds is 3. The van der Waals surface area contributed by atoms with Crippen molar-refractivity contribution >= 4 is 5.91 Å². The van der Waals surface area contributed by atoms with Gasteiger partial charge < -0.3 is 14.7 Å². The van der Waals surface area contributed by atoms with Crippen molar-refractivity contribution in [1.29, 1.82) is 0 Å². The minimum absolute atomic E-state index is 0.167. The van der Waals surface area contributed by atoms with Crippen molar-refractivity contribution in [2.24, 2.45) is 5.41 Å². The summed E-state index contributed by atoms with van der Waals surface area (Å²) in [6.45, 7) is 1.82. The molecule has 1 N–H and O–H groups in total. The molecular weight excluding hydrogens is 270 g/mol. The number of ether oxygens (including phenoxy) is 1. The fraction of sp³-hybridized carbons (Fsp3) is 0.667. The van der Waals surface area contributed by atoms with Gasteiger partial charge in [0.2, 0.25) is 5.91 Å². The number of carbonyl (C=O) groups is 1. The molecule has 0 aromatic carbocycles. The lowest BCUT2D eigenvalue weighted by Gasteiger charge is -2.38. The fourth-order valence-electron chi connectivity index (χ4n) is 3.37. The SMILES string of the molecule is O=C(CO)N1CCC2(CC1)CO[C@@H](Cc1cnccn1)C2. The molecule has 3 rings (SSSR count). The number of aromatic nitrogens is 2. The van der Waals surface area contributed by atoms with Gasteiger partial charge in [-0.2, -0.15) is 0 Å². The van der Waals surface area contributed by atoms with E-state index in [-0.39, 0.29) is 17.4 Å². The second-order valence-electron chi connectivity index (χ2n) is 6.08. The molecule has 21 heavy (non-hydrogen) atoms. The van der Waals surface area contributed by atoms with E-state index in [9.17, 15) is 4.79 Å². The van der Waals surface area contributed by atoms with Crippen LogP contribution in [0.15, 0.2) is 18.6 Å². The first-order valence-corrected chi connectivity index (χ1v) is 7.46. The molecule has 0 radical (unpaired) electrons. The summed E-state index contributed by atoms with van der Waals surface area (Å²) in [6, 6.07) is 0. The van der Waals surface area contributed by atoms with Gasteiger partial charge in [0.15, 0.2) is 0 Å². The number of hydrogen-bond acceptors (Lipinski definition) is 5. The molecule has 6 heteroatoms. The van der Waals surface area contributed by atoms with Crippen molar-refractivity contribution in [1.82, 2.24) is 14.9 Å². The molecule has 0 saturated carbocycles. The summed E-state index contributed by atoms with van der Waals surface area (Å²) in [5.41, 5.74) is 1.16. The lowest BCUT2D eigenvalue weighted by atomic mass is 9.76. The van der Waals surface area contributed by atoms with Crippen molar-refractivity contribution in [3.05, 3.63) is 24.3 Å². The van der Waals surface area contributed by atoms with Gasteiger partial charge in [0.05, 0.1) is 18.4 Å². The Kier molecular flexibility index (Phi) is 4.17. The highest BCUT2D eigenvalue weighted by atomic mass is 16.5. The van der Waals surface area contributed by atoms with E-state index in [0.717, 1.165) is 51.1 Å². The molecule has 1 amide bonds. The molecule has 1 aromatic rings. The van der Waals surface area contributed by atoms with Crippen LogP contribution in [-0.2, 0) is 16.0 Å². The largest absolute Gasteiger partial charge is 0.387 e. The maximum Gasteiger partial charge on any atom is 0.248 e. The fourth-order valence-corrected chi connectivity index (χ4v) is 3.37. The first-order chi connectivity index (χ1) is 10.2. The molecule has 114 valence electrons. The van der Waals surface area contributed by atoms with Crippen molar-refractivity contribution in [2.75, 3.05) is 26.3 Å². The third-order valence-electron chi connectivity index (χ3n) is 4.65. The molecule has 1 aromatic heterocycles. The summed E-state index contributed by atoms with van der Waals surface area (Å²) in [6.07, 6.45) is 9.09. The lowest BCUT2D eigenvalue weighted by molar-refractivity contribution is -0.136. The molecule has 0 unspecified atom stereocenters. The minimum Gasteiger partial charge on any atom is -0.387 e. The van der Waals surface area contributed by atoms with Gasteiger partial charge in [0.1, 0.15) is 6.61 Å². The Morgan fingerprint density at radius 2 is 2.24 bits per heavy atom. The van der Waals surface area contributed by atoms with E-state index < -0.39 is 6.61 Å². The van der Waals surface area contributed by atoms with Crippen LogP contribution in [0.3, 0.4) is 0 Å². The van der Waals surface area contributed by atoms with Crippen LogP contribution in [0.2, 0.25) is 0 Å². The smallest absolute Gasteiger partial charge is 0.248 e. The molecule has 2 fully saturated rings. The number of amides is 1. The Morgan fingerprint density at radius 1 is 1.43 bits per heavy atom. The minimum atomic E-state index is -0.390. The maximum atomic E-state index is 11.5. The van der Waals surface area contributed by atoms with Gasteiger partial charge in [0.25, 0.3) is 0 Å². The van der Waals surface area contributed by atoms with E-state index in [4.69, 9.17) is 9.84 Å². The molecule has 0 bridgehead atoms. The molecule has 2 aliphatic rings. The maximum absolute atomic E-state index is 11.5. The summed E-state index contributed by atoms with van der Waals surface area (Å²) < 4.78 is 5.95. The van der Waals surface area contributed by atoms with Gasteiger partial charge >= 0.3 is 0 Å². The Bertz CT molecular complexity index is 486. The summed E-state index contributed by atoms with van der Waals surface area (Å²) in [5.74, 6) is -0.167. The number of likely N-dealkylation sites (tertiary alicyclic amines) is 1. The zero-order valence-corrected chi connectivity index (χ0v) is 12.1. The van der Waals surface area contributed by atoms with E-state index in [2.05, 4.69) is 9.97 Å². The quantitative estimate of drug-likeness (QED) is 0.873. The van der Waals surface area contributed by atoms with Crippen molar-refractivity contribution in [2.45, 2.75) is 31.8 Å². The number of nitrogens with zero attached hydrogens (tertiary/aromatic N) is 3. The molecule has 2 aliphatic heterocycles. The Morgan fingerprint density at radius 3 is 2.90 bits per heavy atom. The van der Waals surface area contributed by atoms with Crippen LogP contribution in [0.5, 0.6) is 0 Å². The zero-order valence-electron chi connectivity index (χ0n) is 12.1. The normalized spacial score (nSPS) is 24.4. The monoisotopic (exact) mass is 291 g/mol. The number of carbonyl (C=O) groups excluding carboxylic acids is 1. The average molecular weight is 291 g/mol. The van der Waals surface area contributed by atoms with Crippen LogP contribution < -0.4 is 0 Å². The molecule has 3 heterocycles. The second-order valence-corrected chi connectivity index (χ2v) is 6.08. The highest BCUT2D eigenvalue weighted by Crippen LogP contribution is 2.42. The summed E-state index contributed by atoms with van der Waals surface area (Å²) in [7, 11) is 0. The molecule has 1 spiro atoms. The van der Waals surface area contributed by atoms with Crippen LogP contribution in [0.4, 0.5) is 0 Å². The topological polar surface area (TPSA) is 75.5 Å². The highest BCUT2D eigenvalue weighted by molar-refractivity contribution is 5.77.